The van der Waals surface area contributed by atoms with Gasteiger partial charge >= 0.3 is 6.18 Å². The molecule has 4 aliphatic carbocycles. The number of nitrogens with zero attached hydrogens (tertiary/aromatic N) is 3. The fourth-order valence-corrected chi connectivity index (χ4v) is 7.20. The highest BCUT2D eigenvalue weighted by Crippen LogP contribution is 2.53. The van der Waals surface area contributed by atoms with Gasteiger partial charge in [0.05, 0.1) is 10.6 Å². The molecule has 5 nitrogen and oxygen atoms in total. The van der Waals surface area contributed by atoms with E-state index in [1.807, 2.05) is 0 Å². The number of aromatic nitrogens is 3. The minimum absolute atomic E-state index is 0.0351. The molecule has 168 valence electrons. The number of rotatable bonds is 3. The highest BCUT2D eigenvalue weighted by Gasteiger charge is 2.49. The van der Waals surface area contributed by atoms with Crippen LogP contribution in [0.5, 0.6) is 0 Å². The maximum absolute atomic E-state index is 13.8. The number of hydrogen-bond donors (Lipinski definition) is 1. The van der Waals surface area contributed by atoms with Crippen molar-refractivity contribution in [3.8, 4) is 10.6 Å². The lowest BCUT2D eigenvalue weighted by molar-refractivity contribution is -0.142. The minimum atomic E-state index is -4.68. The molecule has 32 heavy (non-hydrogen) atoms. The Kier molecular flexibility index (Phi) is 4.60. The van der Waals surface area contributed by atoms with Gasteiger partial charge in [0.15, 0.2) is 17.0 Å². The van der Waals surface area contributed by atoms with E-state index in [-0.39, 0.29) is 28.1 Å². The van der Waals surface area contributed by atoms with E-state index in [0.717, 1.165) is 43.6 Å². The quantitative estimate of drug-likeness (QED) is 0.524. The topological polar surface area (TPSA) is 59.3 Å². The molecule has 4 aliphatic rings. The van der Waals surface area contributed by atoms with Crippen LogP contribution in [0.25, 0.3) is 16.2 Å². The van der Waals surface area contributed by atoms with Crippen molar-refractivity contribution < 1.29 is 18.0 Å². The van der Waals surface area contributed by atoms with Crippen LogP contribution in [0.15, 0.2) is 23.6 Å². The van der Waals surface area contributed by atoms with Crippen LogP contribution in [-0.2, 0) is 6.18 Å². The Bertz CT molecular complexity index is 1180. The van der Waals surface area contributed by atoms with Gasteiger partial charge in [-0.2, -0.15) is 18.3 Å². The van der Waals surface area contributed by atoms with Gasteiger partial charge in [-0.05, 0) is 73.3 Å². The maximum Gasteiger partial charge on any atom is 0.433 e. The van der Waals surface area contributed by atoms with Crippen molar-refractivity contribution in [2.45, 2.75) is 44.3 Å². The highest BCUT2D eigenvalue weighted by molar-refractivity contribution is 7.13. The number of halogens is 4. The van der Waals surface area contributed by atoms with Crippen LogP contribution in [0.1, 0.15) is 48.3 Å². The molecule has 1 amide bonds. The molecule has 4 saturated carbocycles. The van der Waals surface area contributed by atoms with Crippen LogP contribution in [-0.4, -0.2) is 26.5 Å². The molecule has 3 heterocycles. The number of alkyl halides is 3. The highest BCUT2D eigenvalue weighted by atomic mass is 35.5. The van der Waals surface area contributed by atoms with Gasteiger partial charge in [-0.15, -0.1) is 11.3 Å². The number of thiophene rings is 1. The van der Waals surface area contributed by atoms with Gasteiger partial charge < -0.3 is 5.32 Å². The monoisotopic (exact) mass is 480 g/mol. The van der Waals surface area contributed by atoms with E-state index >= 15 is 0 Å². The number of amides is 1. The molecule has 0 unspecified atom stereocenters. The lowest BCUT2D eigenvalue weighted by Gasteiger charge is -2.54. The number of fused-ring (bicyclic) bond motifs is 1. The summed E-state index contributed by atoms with van der Waals surface area (Å²) < 4.78 is 42.1. The predicted molar refractivity (Wildman–Crippen MR) is 115 cm³/mol. The van der Waals surface area contributed by atoms with Crippen LogP contribution in [0.2, 0.25) is 5.02 Å². The summed E-state index contributed by atoms with van der Waals surface area (Å²) in [5.41, 5.74) is -1.24. The molecule has 0 atom stereocenters. The third-order valence-corrected chi connectivity index (χ3v) is 8.58. The fourth-order valence-electron chi connectivity index (χ4n) is 6.27. The molecule has 1 N–H and O–H groups in total. The van der Waals surface area contributed by atoms with Gasteiger partial charge in [0.2, 0.25) is 0 Å². The van der Waals surface area contributed by atoms with Crippen molar-refractivity contribution in [1.29, 1.82) is 0 Å². The van der Waals surface area contributed by atoms with Crippen molar-refractivity contribution in [2.24, 2.45) is 23.7 Å². The van der Waals surface area contributed by atoms with Crippen LogP contribution < -0.4 is 5.32 Å². The number of carbonyl (C=O) groups excluding carboxylic acids is 1. The number of hydrogen-bond acceptors (Lipinski definition) is 4. The second kappa shape index (κ2) is 7.18. The zero-order chi connectivity index (χ0) is 22.2. The second-order valence-electron chi connectivity index (χ2n) is 9.33. The van der Waals surface area contributed by atoms with Crippen molar-refractivity contribution in [2.75, 3.05) is 0 Å². The number of nitrogens with one attached hydrogen (secondary N) is 1. The summed E-state index contributed by atoms with van der Waals surface area (Å²) in [4.78, 5) is 18.0. The Morgan fingerprint density at radius 3 is 2.44 bits per heavy atom. The normalized spacial score (nSPS) is 29.1. The molecule has 4 bridgehead atoms. The largest absolute Gasteiger partial charge is 0.433 e. The summed E-state index contributed by atoms with van der Waals surface area (Å²) in [6, 6.07) is 4.41. The first kappa shape index (κ1) is 20.5. The lowest BCUT2D eigenvalue weighted by Crippen LogP contribution is -2.55. The van der Waals surface area contributed by atoms with Crippen molar-refractivity contribution in [1.82, 2.24) is 19.9 Å². The average Bonchev–Trinajstić information content (AvgIpc) is 3.37. The molecular formula is C22H20ClF3N4OS. The lowest BCUT2D eigenvalue weighted by atomic mass is 9.54. The van der Waals surface area contributed by atoms with E-state index in [4.69, 9.17) is 11.6 Å². The Hall–Kier alpha value is -2.13. The SMILES string of the molecule is O=C(NC1C2CC3CC(C2)CC1C3)c1nn2c(C(F)(F)F)cc(-c3cccs3)nc2c1Cl. The van der Waals surface area contributed by atoms with Crippen LogP contribution in [0.4, 0.5) is 13.2 Å². The molecule has 0 saturated heterocycles. The third-order valence-electron chi connectivity index (χ3n) is 7.34. The van der Waals surface area contributed by atoms with Crippen LogP contribution in [0, 0.1) is 23.7 Å². The van der Waals surface area contributed by atoms with Gasteiger partial charge in [0.25, 0.3) is 5.91 Å². The molecular weight excluding hydrogens is 461 g/mol. The Morgan fingerprint density at radius 1 is 1.16 bits per heavy atom. The van der Waals surface area contributed by atoms with E-state index in [9.17, 15) is 18.0 Å². The van der Waals surface area contributed by atoms with E-state index in [1.165, 1.54) is 17.8 Å². The zero-order valence-corrected chi connectivity index (χ0v) is 18.5. The Morgan fingerprint density at radius 2 is 1.84 bits per heavy atom. The van der Waals surface area contributed by atoms with Crippen molar-refractivity contribution in [3.63, 3.8) is 0 Å². The van der Waals surface area contributed by atoms with Gasteiger partial charge in [0, 0.05) is 6.04 Å². The maximum atomic E-state index is 13.8. The first-order valence-corrected chi connectivity index (χ1v) is 12.0. The minimum Gasteiger partial charge on any atom is -0.347 e. The van der Waals surface area contributed by atoms with Crippen molar-refractivity contribution >= 4 is 34.5 Å². The predicted octanol–water partition coefficient (Wildman–Crippen LogP) is 5.68. The van der Waals surface area contributed by atoms with Crippen LogP contribution >= 0.6 is 22.9 Å². The summed E-state index contributed by atoms with van der Waals surface area (Å²) in [6.45, 7) is 0. The summed E-state index contributed by atoms with van der Waals surface area (Å²) in [5.74, 6) is 1.83. The summed E-state index contributed by atoms with van der Waals surface area (Å²) in [7, 11) is 0. The molecule has 0 aliphatic heterocycles. The molecule has 10 heteroatoms. The molecule has 0 radical (unpaired) electrons. The molecule has 7 rings (SSSR count). The Labute approximate surface area is 191 Å². The summed E-state index contributed by atoms with van der Waals surface area (Å²) in [5, 5.41) is 8.66. The standard InChI is InChI=1S/C22H20ClF3N4OS/c23-17-19(21(31)28-18-12-5-10-4-11(7-12)8-13(18)6-10)29-30-16(22(24,25)26)9-14(27-20(17)30)15-2-1-3-32-15/h1-3,9-13,18H,4-8H2,(H,28,31). The summed E-state index contributed by atoms with van der Waals surface area (Å²) >= 11 is 7.68. The van der Waals surface area contributed by atoms with E-state index in [0.29, 0.717) is 21.2 Å². The second-order valence-corrected chi connectivity index (χ2v) is 10.7. The molecule has 3 aromatic rings. The first-order valence-electron chi connectivity index (χ1n) is 10.8. The Balaban J connectivity index is 1.38. The van der Waals surface area contributed by atoms with Crippen LogP contribution in [0.3, 0.4) is 0 Å². The summed E-state index contributed by atoms with van der Waals surface area (Å²) in [6.07, 6.45) is 1.06. The van der Waals surface area contributed by atoms with Gasteiger partial charge in [-0.1, -0.05) is 17.7 Å². The van der Waals surface area contributed by atoms with Gasteiger partial charge in [0.1, 0.15) is 5.02 Å². The first-order chi connectivity index (χ1) is 15.3. The van der Waals surface area contributed by atoms with E-state index in [1.54, 1.807) is 17.5 Å². The smallest absolute Gasteiger partial charge is 0.347 e. The zero-order valence-electron chi connectivity index (χ0n) is 16.9. The van der Waals surface area contributed by atoms with Crippen molar-refractivity contribution in [3.05, 3.63) is 40.0 Å². The molecule has 0 spiro atoms. The van der Waals surface area contributed by atoms with Gasteiger partial charge in [-0.3, -0.25) is 4.79 Å². The van der Waals surface area contributed by atoms with E-state index < -0.39 is 17.8 Å². The molecule has 3 aromatic heterocycles. The average molecular weight is 481 g/mol. The third kappa shape index (κ3) is 3.23. The van der Waals surface area contributed by atoms with E-state index in [2.05, 4.69) is 15.4 Å². The van der Waals surface area contributed by atoms with Gasteiger partial charge in [-0.25, -0.2) is 9.50 Å². The molecule has 0 aromatic carbocycles. The fraction of sp³-hybridized carbons (Fsp3) is 0.500. The molecule has 4 fully saturated rings. The number of carbonyl (C=O) groups is 1.